The van der Waals surface area contributed by atoms with Gasteiger partial charge in [-0.05, 0) is 25.1 Å². The Hall–Kier alpha value is -2.41. The number of nitrogens with zero attached hydrogens (tertiary/aromatic N) is 2. The molecule has 1 aromatic rings. The largest absolute Gasteiger partial charge is 0.352 e. The number of hydrazone groups is 1. The molecule has 0 saturated heterocycles. The number of nitrogens with one attached hydrogen (secondary N) is 2. The summed E-state index contributed by atoms with van der Waals surface area (Å²) >= 11 is 5.92. The third kappa shape index (κ3) is 4.07. The summed E-state index contributed by atoms with van der Waals surface area (Å²) in [5.74, 6) is -0.920. The first-order chi connectivity index (χ1) is 10.9. The molecule has 2 rings (SSSR count). The van der Waals surface area contributed by atoms with Crippen LogP contribution in [0.4, 0.5) is 5.69 Å². The number of carbonyl (C=O) groups excluding carboxylic acids is 3. The highest BCUT2D eigenvalue weighted by Gasteiger charge is 2.23. The molecule has 0 radical (unpaired) electrons. The van der Waals surface area contributed by atoms with Gasteiger partial charge in [0, 0.05) is 31.5 Å². The Morgan fingerprint density at radius 3 is 2.70 bits per heavy atom. The van der Waals surface area contributed by atoms with Crippen molar-refractivity contribution in [2.45, 2.75) is 19.8 Å². The molecule has 23 heavy (non-hydrogen) atoms. The molecule has 122 valence electrons. The highest BCUT2D eigenvalue weighted by atomic mass is 35.5. The van der Waals surface area contributed by atoms with Crippen LogP contribution >= 0.6 is 11.6 Å². The molecule has 0 aromatic heterocycles. The van der Waals surface area contributed by atoms with Crippen LogP contribution in [0.2, 0.25) is 5.02 Å². The first kappa shape index (κ1) is 17.0. The van der Waals surface area contributed by atoms with Gasteiger partial charge in [-0.3, -0.25) is 14.4 Å². The topological polar surface area (TPSA) is 90.9 Å². The minimum atomic E-state index is -0.447. The summed E-state index contributed by atoms with van der Waals surface area (Å²) in [6, 6.07) is 4.63. The number of rotatable bonds is 4. The summed E-state index contributed by atoms with van der Waals surface area (Å²) in [6.45, 7) is 2.25. The van der Waals surface area contributed by atoms with Crippen molar-refractivity contribution in [2.75, 3.05) is 18.9 Å². The Morgan fingerprint density at radius 1 is 1.30 bits per heavy atom. The van der Waals surface area contributed by atoms with Crippen molar-refractivity contribution in [3.63, 3.8) is 0 Å². The van der Waals surface area contributed by atoms with Crippen LogP contribution in [0, 0.1) is 0 Å². The zero-order chi connectivity index (χ0) is 17.0. The Balaban J connectivity index is 2.23. The lowest BCUT2D eigenvalue weighted by atomic mass is 10.1. The number of carbonyl (C=O) groups is 3. The number of anilines is 1. The monoisotopic (exact) mass is 336 g/mol. The van der Waals surface area contributed by atoms with Crippen molar-refractivity contribution < 1.29 is 14.4 Å². The molecular formula is C15H17ClN4O3. The minimum Gasteiger partial charge on any atom is -0.352 e. The highest BCUT2D eigenvalue weighted by Crippen LogP contribution is 2.21. The number of benzene rings is 1. The van der Waals surface area contributed by atoms with Gasteiger partial charge < -0.3 is 10.6 Å². The Labute approximate surface area is 138 Å². The average Bonchev–Trinajstić information content (AvgIpc) is 2.51. The summed E-state index contributed by atoms with van der Waals surface area (Å²) in [5.41, 5.74) is 0.852. The fraction of sp³-hybridized carbons (Fsp3) is 0.333. The molecule has 1 aliphatic rings. The SMILES string of the molecule is CCNC(=O)c1cc(Cl)ccc1NC(=O)C1=NN(C)C(=O)CC1. The van der Waals surface area contributed by atoms with Crippen molar-refractivity contribution in [3.05, 3.63) is 28.8 Å². The molecule has 0 bridgehead atoms. The van der Waals surface area contributed by atoms with Crippen molar-refractivity contribution in [1.82, 2.24) is 10.3 Å². The molecule has 7 nitrogen and oxygen atoms in total. The Bertz CT molecular complexity index is 687. The van der Waals surface area contributed by atoms with Crippen molar-refractivity contribution in [3.8, 4) is 0 Å². The lowest BCUT2D eigenvalue weighted by molar-refractivity contribution is -0.130. The van der Waals surface area contributed by atoms with E-state index in [2.05, 4.69) is 15.7 Å². The second-order valence-electron chi connectivity index (χ2n) is 4.97. The van der Waals surface area contributed by atoms with E-state index in [1.54, 1.807) is 19.1 Å². The van der Waals surface area contributed by atoms with Gasteiger partial charge in [-0.1, -0.05) is 11.6 Å². The number of halogens is 1. The zero-order valence-corrected chi connectivity index (χ0v) is 13.6. The van der Waals surface area contributed by atoms with E-state index in [0.29, 0.717) is 17.3 Å². The fourth-order valence-corrected chi connectivity index (χ4v) is 2.27. The van der Waals surface area contributed by atoms with Crippen LogP contribution in [0.5, 0.6) is 0 Å². The van der Waals surface area contributed by atoms with Crippen LogP contribution in [0.1, 0.15) is 30.1 Å². The molecule has 0 spiro atoms. The maximum Gasteiger partial charge on any atom is 0.271 e. The van der Waals surface area contributed by atoms with Crippen molar-refractivity contribution in [2.24, 2.45) is 5.10 Å². The van der Waals surface area contributed by atoms with Gasteiger partial charge in [0.05, 0.1) is 11.3 Å². The highest BCUT2D eigenvalue weighted by molar-refractivity contribution is 6.44. The number of hydrogen-bond acceptors (Lipinski definition) is 4. The van der Waals surface area contributed by atoms with E-state index in [1.165, 1.54) is 13.1 Å². The standard InChI is InChI=1S/C15H17ClN4O3/c1-3-17-14(22)10-8-9(16)4-5-11(10)18-15(23)12-6-7-13(21)20(2)19-12/h4-5,8H,3,6-7H2,1-2H3,(H,17,22)(H,18,23). The summed E-state index contributed by atoms with van der Waals surface area (Å²) in [4.78, 5) is 35.8. The lowest BCUT2D eigenvalue weighted by Crippen LogP contribution is -2.34. The molecule has 0 fully saturated rings. The number of hydrogen-bond donors (Lipinski definition) is 2. The summed E-state index contributed by atoms with van der Waals surface area (Å²) < 4.78 is 0. The van der Waals surface area contributed by atoms with Crippen LogP contribution in [0.15, 0.2) is 23.3 Å². The molecule has 1 aliphatic heterocycles. The first-order valence-electron chi connectivity index (χ1n) is 7.15. The zero-order valence-electron chi connectivity index (χ0n) is 12.9. The molecule has 0 aliphatic carbocycles. The maximum absolute atomic E-state index is 12.3. The fourth-order valence-electron chi connectivity index (χ4n) is 2.10. The van der Waals surface area contributed by atoms with Crippen LogP contribution < -0.4 is 10.6 Å². The van der Waals surface area contributed by atoms with Gasteiger partial charge in [-0.15, -0.1) is 0 Å². The van der Waals surface area contributed by atoms with E-state index in [9.17, 15) is 14.4 Å². The second-order valence-corrected chi connectivity index (χ2v) is 5.40. The molecule has 1 heterocycles. The molecule has 3 amide bonds. The van der Waals surface area contributed by atoms with Crippen LogP contribution in [0.25, 0.3) is 0 Å². The van der Waals surface area contributed by atoms with Gasteiger partial charge in [-0.25, -0.2) is 5.01 Å². The molecule has 1 aromatic carbocycles. The van der Waals surface area contributed by atoms with E-state index >= 15 is 0 Å². The smallest absolute Gasteiger partial charge is 0.271 e. The van der Waals surface area contributed by atoms with Gasteiger partial charge in [0.25, 0.3) is 11.8 Å². The van der Waals surface area contributed by atoms with E-state index < -0.39 is 5.91 Å². The van der Waals surface area contributed by atoms with Gasteiger partial charge in [0.2, 0.25) is 5.91 Å². The van der Waals surface area contributed by atoms with E-state index in [4.69, 9.17) is 11.6 Å². The average molecular weight is 337 g/mol. The summed E-state index contributed by atoms with van der Waals surface area (Å²) in [7, 11) is 1.50. The molecule has 0 atom stereocenters. The quantitative estimate of drug-likeness (QED) is 0.875. The molecule has 0 saturated carbocycles. The van der Waals surface area contributed by atoms with Gasteiger partial charge in [0.15, 0.2) is 0 Å². The van der Waals surface area contributed by atoms with Gasteiger partial charge in [0.1, 0.15) is 5.71 Å². The van der Waals surface area contributed by atoms with E-state index in [1.807, 2.05) is 0 Å². The number of amides is 3. The first-order valence-corrected chi connectivity index (χ1v) is 7.53. The predicted molar refractivity (Wildman–Crippen MR) is 87.5 cm³/mol. The third-order valence-corrected chi connectivity index (χ3v) is 3.52. The second kappa shape index (κ2) is 7.23. The lowest BCUT2D eigenvalue weighted by Gasteiger charge is -2.19. The maximum atomic E-state index is 12.3. The predicted octanol–water partition coefficient (Wildman–Crippen LogP) is 1.64. The molecular weight excluding hydrogens is 320 g/mol. The van der Waals surface area contributed by atoms with E-state index in [0.717, 1.165) is 5.01 Å². The van der Waals surface area contributed by atoms with Crippen LogP contribution in [-0.2, 0) is 9.59 Å². The van der Waals surface area contributed by atoms with E-state index in [-0.39, 0.29) is 35.9 Å². The normalized spacial score (nSPS) is 14.3. The van der Waals surface area contributed by atoms with Crippen molar-refractivity contribution in [1.29, 1.82) is 0 Å². The summed E-state index contributed by atoms with van der Waals surface area (Å²) in [6.07, 6.45) is 0.492. The van der Waals surface area contributed by atoms with Gasteiger partial charge in [-0.2, -0.15) is 5.10 Å². The Kier molecular flexibility index (Phi) is 5.33. The molecule has 8 heteroatoms. The van der Waals surface area contributed by atoms with Crippen LogP contribution in [-0.4, -0.2) is 42.0 Å². The van der Waals surface area contributed by atoms with Gasteiger partial charge >= 0.3 is 0 Å². The van der Waals surface area contributed by atoms with Crippen molar-refractivity contribution >= 4 is 40.7 Å². The molecule has 0 unspecified atom stereocenters. The minimum absolute atomic E-state index is 0.143. The van der Waals surface area contributed by atoms with Crippen LogP contribution in [0.3, 0.4) is 0 Å². The molecule has 2 N–H and O–H groups in total. The Morgan fingerprint density at radius 2 is 2.04 bits per heavy atom. The summed E-state index contributed by atoms with van der Waals surface area (Å²) in [5, 5.41) is 10.8. The third-order valence-electron chi connectivity index (χ3n) is 3.28.